The van der Waals surface area contributed by atoms with Gasteiger partial charge in [0, 0.05) is 18.5 Å². The molecule has 1 saturated heterocycles. The topological polar surface area (TPSA) is 60.5 Å². The zero-order chi connectivity index (χ0) is 19.8. The summed E-state index contributed by atoms with van der Waals surface area (Å²) in [6, 6.07) is 17.9. The molecule has 29 heavy (non-hydrogen) atoms. The van der Waals surface area contributed by atoms with Crippen LogP contribution in [0, 0.1) is 0 Å². The third-order valence-electron chi connectivity index (χ3n) is 5.70. The SMILES string of the molecule is COc1ccc2nc(CN3CCC[C@H](n4c(=O)oc5ccccc54)C3)ccc2c1. The highest BCUT2D eigenvalue weighted by Gasteiger charge is 2.25. The first kappa shape index (κ1) is 17.9. The first-order valence-corrected chi connectivity index (χ1v) is 9.97. The van der Waals surface area contributed by atoms with Crippen LogP contribution in [0.2, 0.25) is 0 Å². The van der Waals surface area contributed by atoms with Gasteiger partial charge in [-0.05, 0) is 55.8 Å². The van der Waals surface area contributed by atoms with Crippen LogP contribution in [0.25, 0.3) is 22.0 Å². The maximum absolute atomic E-state index is 12.5. The summed E-state index contributed by atoms with van der Waals surface area (Å²) >= 11 is 0. The standard InChI is InChI=1S/C23H23N3O3/c1-28-19-10-11-20-16(13-19)8-9-17(24-20)14-25-12-4-5-18(15-25)26-21-6-2-3-7-22(21)29-23(26)27/h2-3,6-11,13,18H,4-5,12,14-15H2,1H3/t18-/m0/s1. The molecule has 2 aromatic heterocycles. The highest BCUT2D eigenvalue weighted by molar-refractivity contribution is 5.80. The number of piperidine rings is 1. The highest BCUT2D eigenvalue weighted by atomic mass is 16.5. The lowest BCUT2D eigenvalue weighted by Crippen LogP contribution is -2.38. The van der Waals surface area contributed by atoms with Crippen molar-refractivity contribution in [2.75, 3.05) is 20.2 Å². The molecule has 0 spiro atoms. The van der Waals surface area contributed by atoms with Crippen molar-refractivity contribution in [3.8, 4) is 5.75 Å². The minimum Gasteiger partial charge on any atom is -0.497 e. The summed E-state index contributed by atoms with van der Waals surface area (Å²) in [5.74, 6) is 0.569. The van der Waals surface area contributed by atoms with E-state index in [1.54, 1.807) is 7.11 Å². The van der Waals surface area contributed by atoms with Crippen molar-refractivity contribution in [1.29, 1.82) is 0 Å². The van der Waals surface area contributed by atoms with Gasteiger partial charge in [-0.3, -0.25) is 14.5 Å². The number of pyridine rings is 1. The summed E-state index contributed by atoms with van der Waals surface area (Å²) in [7, 11) is 1.67. The molecule has 1 aliphatic rings. The van der Waals surface area contributed by atoms with Crippen LogP contribution in [0.3, 0.4) is 0 Å². The number of methoxy groups -OCH3 is 1. The van der Waals surface area contributed by atoms with Crippen LogP contribution >= 0.6 is 0 Å². The molecule has 0 N–H and O–H groups in total. The molecule has 5 rings (SSSR count). The Bertz CT molecular complexity index is 1230. The van der Waals surface area contributed by atoms with Gasteiger partial charge in [-0.2, -0.15) is 0 Å². The van der Waals surface area contributed by atoms with E-state index in [4.69, 9.17) is 14.1 Å². The number of fused-ring (bicyclic) bond motifs is 2. The van der Waals surface area contributed by atoms with Crippen LogP contribution < -0.4 is 10.5 Å². The van der Waals surface area contributed by atoms with E-state index in [2.05, 4.69) is 17.0 Å². The fraction of sp³-hybridized carbons (Fsp3) is 0.304. The van der Waals surface area contributed by atoms with Crippen molar-refractivity contribution >= 4 is 22.0 Å². The van der Waals surface area contributed by atoms with E-state index in [9.17, 15) is 4.79 Å². The maximum Gasteiger partial charge on any atom is 0.420 e. The fourth-order valence-electron chi connectivity index (χ4n) is 4.31. The number of oxazole rings is 1. The Labute approximate surface area is 168 Å². The molecule has 0 bridgehead atoms. The lowest BCUT2D eigenvalue weighted by Gasteiger charge is -2.32. The van der Waals surface area contributed by atoms with Gasteiger partial charge in [-0.15, -0.1) is 0 Å². The lowest BCUT2D eigenvalue weighted by atomic mass is 10.0. The van der Waals surface area contributed by atoms with Crippen molar-refractivity contribution in [2.24, 2.45) is 0 Å². The van der Waals surface area contributed by atoms with Gasteiger partial charge in [0.1, 0.15) is 5.75 Å². The van der Waals surface area contributed by atoms with Gasteiger partial charge in [0.15, 0.2) is 5.58 Å². The molecule has 6 nitrogen and oxygen atoms in total. The molecule has 1 aliphatic heterocycles. The molecule has 0 unspecified atom stereocenters. The number of benzene rings is 2. The molecule has 2 aromatic carbocycles. The Kier molecular flexibility index (Phi) is 4.56. The summed E-state index contributed by atoms with van der Waals surface area (Å²) in [5, 5.41) is 1.07. The molecule has 148 valence electrons. The molecule has 4 aromatic rings. The molecular formula is C23H23N3O3. The third-order valence-corrected chi connectivity index (χ3v) is 5.70. The summed E-state index contributed by atoms with van der Waals surface area (Å²) < 4.78 is 12.6. The Morgan fingerprint density at radius 1 is 1.17 bits per heavy atom. The van der Waals surface area contributed by atoms with Gasteiger partial charge in [0.05, 0.1) is 29.9 Å². The van der Waals surface area contributed by atoms with Crippen molar-refractivity contribution in [3.05, 3.63) is 70.8 Å². The summed E-state index contributed by atoms with van der Waals surface area (Å²) in [6.07, 6.45) is 2.02. The van der Waals surface area contributed by atoms with Crippen molar-refractivity contribution in [3.63, 3.8) is 0 Å². The third kappa shape index (κ3) is 3.40. The minimum absolute atomic E-state index is 0.115. The molecule has 0 aliphatic carbocycles. The first-order chi connectivity index (χ1) is 14.2. The van der Waals surface area contributed by atoms with Crippen LogP contribution in [0.4, 0.5) is 0 Å². The van der Waals surface area contributed by atoms with E-state index in [1.807, 2.05) is 47.0 Å². The van der Waals surface area contributed by atoms with Gasteiger partial charge >= 0.3 is 5.76 Å². The van der Waals surface area contributed by atoms with E-state index >= 15 is 0 Å². The Hall–Kier alpha value is -3.12. The molecule has 0 radical (unpaired) electrons. The number of ether oxygens (including phenoxy) is 1. The van der Waals surface area contributed by atoms with E-state index in [0.717, 1.165) is 60.3 Å². The number of nitrogens with zero attached hydrogens (tertiary/aromatic N) is 3. The number of likely N-dealkylation sites (tertiary alicyclic amines) is 1. The number of rotatable bonds is 4. The smallest absolute Gasteiger partial charge is 0.420 e. The van der Waals surface area contributed by atoms with Crippen LogP contribution in [0.5, 0.6) is 5.75 Å². The maximum atomic E-state index is 12.5. The quantitative estimate of drug-likeness (QED) is 0.528. The molecule has 0 amide bonds. The van der Waals surface area contributed by atoms with E-state index in [0.29, 0.717) is 5.58 Å². The molecule has 1 atom stereocenters. The second kappa shape index (κ2) is 7.37. The van der Waals surface area contributed by atoms with Crippen LogP contribution in [-0.4, -0.2) is 34.7 Å². The normalized spacial score (nSPS) is 17.8. The van der Waals surface area contributed by atoms with E-state index < -0.39 is 0 Å². The largest absolute Gasteiger partial charge is 0.497 e. The second-order valence-corrected chi connectivity index (χ2v) is 7.60. The van der Waals surface area contributed by atoms with E-state index in [1.165, 1.54) is 0 Å². The Morgan fingerprint density at radius 2 is 2.07 bits per heavy atom. The number of para-hydroxylation sites is 2. The van der Waals surface area contributed by atoms with Gasteiger partial charge in [0.2, 0.25) is 0 Å². The number of hydrogen-bond acceptors (Lipinski definition) is 5. The molecule has 6 heteroatoms. The van der Waals surface area contributed by atoms with Gasteiger partial charge in [-0.25, -0.2) is 4.79 Å². The van der Waals surface area contributed by atoms with Crippen molar-refractivity contribution in [1.82, 2.24) is 14.5 Å². The van der Waals surface area contributed by atoms with Crippen LogP contribution in [-0.2, 0) is 6.54 Å². The molecule has 1 fully saturated rings. The minimum atomic E-state index is -0.268. The lowest BCUT2D eigenvalue weighted by molar-refractivity contribution is 0.166. The average Bonchev–Trinajstić information content (AvgIpc) is 3.09. The van der Waals surface area contributed by atoms with Gasteiger partial charge in [-0.1, -0.05) is 18.2 Å². The monoisotopic (exact) mass is 389 g/mol. The molecule has 3 heterocycles. The summed E-state index contributed by atoms with van der Waals surface area (Å²) in [6.45, 7) is 2.58. The predicted octanol–water partition coefficient (Wildman–Crippen LogP) is 3.99. The van der Waals surface area contributed by atoms with E-state index in [-0.39, 0.29) is 11.8 Å². The van der Waals surface area contributed by atoms with Crippen molar-refractivity contribution < 1.29 is 9.15 Å². The Balaban J connectivity index is 1.38. The summed E-state index contributed by atoms with van der Waals surface area (Å²) in [4.78, 5) is 19.6. The van der Waals surface area contributed by atoms with Crippen LogP contribution in [0.15, 0.2) is 63.8 Å². The number of aromatic nitrogens is 2. The molecule has 0 saturated carbocycles. The zero-order valence-corrected chi connectivity index (χ0v) is 16.4. The van der Waals surface area contributed by atoms with Crippen molar-refractivity contribution in [2.45, 2.75) is 25.4 Å². The number of hydrogen-bond donors (Lipinski definition) is 0. The fourth-order valence-corrected chi connectivity index (χ4v) is 4.31. The predicted molar refractivity (Wildman–Crippen MR) is 112 cm³/mol. The van der Waals surface area contributed by atoms with Gasteiger partial charge in [0.25, 0.3) is 0 Å². The van der Waals surface area contributed by atoms with Gasteiger partial charge < -0.3 is 9.15 Å². The highest BCUT2D eigenvalue weighted by Crippen LogP contribution is 2.26. The molecular weight excluding hydrogens is 366 g/mol. The Morgan fingerprint density at radius 3 is 2.97 bits per heavy atom. The second-order valence-electron chi connectivity index (χ2n) is 7.60. The van der Waals surface area contributed by atoms with Crippen LogP contribution in [0.1, 0.15) is 24.6 Å². The summed E-state index contributed by atoms with van der Waals surface area (Å²) in [5.41, 5.74) is 3.53. The zero-order valence-electron chi connectivity index (χ0n) is 16.4. The first-order valence-electron chi connectivity index (χ1n) is 9.97. The average molecular weight is 389 g/mol.